The van der Waals surface area contributed by atoms with Gasteiger partial charge in [0.25, 0.3) is 5.56 Å². The van der Waals surface area contributed by atoms with E-state index in [-0.39, 0.29) is 11.8 Å². The van der Waals surface area contributed by atoms with Crippen LogP contribution in [0.25, 0.3) is 0 Å². The maximum Gasteiger partial charge on any atom is 0.333 e. The minimum Gasteiger partial charge on any atom is -0.494 e. The van der Waals surface area contributed by atoms with E-state index in [4.69, 9.17) is 0 Å². The minimum atomic E-state index is -0.509. The van der Waals surface area contributed by atoms with Crippen LogP contribution in [0.5, 0.6) is 5.88 Å². The summed E-state index contributed by atoms with van der Waals surface area (Å²) >= 11 is 0. The van der Waals surface area contributed by atoms with Crippen LogP contribution >= 0.6 is 0 Å². The van der Waals surface area contributed by atoms with Crippen molar-refractivity contribution in [2.24, 2.45) is 20.0 Å². The monoisotopic (exact) mass is 212 g/mol. The lowest BCUT2D eigenvalue weighted by molar-refractivity contribution is 0.398. The molecule has 5 heteroatoms. The molecule has 0 amide bonds. The molecule has 0 aliphatic rings. The summed E-state index contributed by atoms with van der Waals surface area (Å²) in [6.07, 6.45) is 0.465. The van der Waals surface area contributed by atoms with Crippen molar-refractivity contribution in [3.8, 4) is 5.88 Å². The molecule has 1 aromatic rings. The number of aromatic nitrogens is 2. The van der Waals surface area contributed by atoms with Crippen molar-refractivity contribution in [3.05, 3.63) is 26.4 Å². The van der Waals surface area contributed by atoms with Crippen LogP contribution in [-0.4, -0.2) is 14.2 Å². The first-order valence-corrected chi connectivity index (χ1v) is 4.84. The number of nitrogens with zero attached hydrogens (tertiary/aromatic N) is 2. The quantitative estimate of drug-likeness (QED) is 0.749. The maximum atomic E-state index is 11.7. The Morgan fingerprint density at radius 1 is 1.20 bits per heavy atom. The lowest BCUT2D eigenvalue weighted by Crippen LogP contribution is -2.39. The molecule has 0 aliphatic heterocycles. The lowest BCUT2D eigenvalue weighted by Gasteiger charge is -2.11. The van der Waals surface area contributed by atoms with Crippen molar-refractivity contribution in [2.45, 2.75) is 20.3 Å². The first kappa shape index (κ1) is 11.6. The zero-order valence-electron chi connectivity index (χ0n) is 9.44. The Kier molecular flexibility index (Phi) is 3.02. The molecule has 1 heterocycles. The van der Waals surface area contributed by atoms with E-state index in [1.165, 1.54) is 14.1 Å². The van der Waals surface area contributed by atoms with Crippen LogP contribution in [0.4, 0.5) is 0 Å². The second-order valence-corrected chi connectivity index (χ2v) is 4.11. The molecule has 0 bridgehead atoms. The summed E-state index contributed by atoms with van der Waals surface area (Å²) in [7, 11) is 2.86. The fourth-order valence-corrected chi connectivity index (χ4v) is 1.49. The molecule has 0 fully saturated rings. The van der Waals surface area contributed by atoms with Gasteiger partial charge in [0.05, 0.1) is 5.56 Å². The van der Waals surface area contributed by atoms with Gasteiger partial charge in [-0.3, -0.25) is 13.9 Å². The van der Waals surface area contributed by atoms with Crippen LogP contribution in [0.2, 0.25) is 0 Å². The molecular formula is C10H16N2O3. The van der Waals surface area contributed by atoms with Gasteiger partial charge in [-0.05, 0) is 12.3 Å². The molecule has 1 rings (SSSR count). The van der Waals surface area contributed by atoms with Gasteiger partial charge in [0.2, 0.25) is 5.88 Å². The smallest absolute Gasteiger partial charge is 0.333 e. The molecule has 0 saturated heterocycles. The van der Waals surface area contributed by atoms with E-state index in [0.29, 0.717) is 12.0 Å². The van der Waals surface area contributed by atoms with Gasteiger partial charge in [0, 0.05) is 14.1 Å². The van der Waals surface area contributed by atoms with E-state index in [1.54, 1.807) is 0 Å². The van der Waals surface area contributed by atoms with Gasteiger partial charge in [-0.1, -0.05) is 13.8 Å². The van der Waals surface area contributed by atoms with Crippen LogP contribution in [0.15, 0.2) is 9.59 Å². The standard InChI is InChI=1S/C10H16N2O3/c1-6(2)5-7-8(13)11(3)10(15)12(4)9(7)14/h6,13H,5H2,1-4H3. The molecule has 15 heavy (non-hydrogen) atoms. The zero-order valence-corrected chi connectivity index (χ0v) is 9.44. The minimum absolute atomic E-state index is 0.225. The second-order valence-electron chi connectivity index (χ2n) is 4.11. The van der Waals surface area contributed by atoms with Gasteiger partial charge in [-0.15, -0.1) is 0 Å². The third-order valence-electron chi connectivity index (χ3n) is 2.34. The van der Waals surface area contributed by atoms with E-state index < -0.39 is 11.2 Å². The van der Waals surface area contributed by atoms with Crippen LogP contribution in [0, 0.1) is 5.92 Å². The fourth-order valence-electron chi connectivity index (χ4n) is 1.49. The predicted octanol–water partition coefficient (Wildman–Crippen LogP) is -0.0119. The van der Waals surface area contributed by atoms with Gasteiger partial charge in [0.15, 0.2) is 0 Å². The highest BCUT2D eigenvalue weighted by Crippen LogP contribution is 2.13. The number of rotatable bonds is 2. The molecule has 84 valence electrons. The van der Waals surface area contributed by atoms with Crippen molar-refractivity contribution in [2.75, 3.05) is 0 Å². The molecular weight excluding hydrogens is 196 g/mol. The Labute approximate surface area is 87.6 Å². The van der Waals surface area contributed by atoms with Crippen LogP contribution in [0.3, 0.4) is 0 Å². The van der Waals surface area contributed by atoms with Crippen molar-refractivity contribution in [3.63, 3.8) is 0 Å². The van der Waals surface area contributed by atoms with Crippen molar-refractivity contribution >= 4 is 0 Å². The second kappa shape index (κ2) is 3.92. The summed E-state index contributed by atoms with van der Waals surface area (Å²) in [6, 6.07) is 0. The van der Waals surface area contributed by atoms with Crippen molar-refractivity contribution in [1.29, 1.82) is 0 Å². The van der Waals surface area contributed by atoms with Crippen LogP contribution in [-0.2, 0) is 20.5 Å². The van der Waals surface area contributed by atoms with Gasteiger partial charge in [-0.2, -0.15) is 0 Å². The van der Waals surface area contributed by atoms with E-state index in [9.17, 15) is 14.7 Å². The third kappa shape index (κ3) is 1.95. The summed E-state index contributed by atoms with van der Waals surface area (Å²) in [5, 5.41) is 9.68. The molecule has 0 aromatic carbocycles. The molecule has 0 saturated carbocycles. The molecule has 0 spiro atoms. The highest BCUT2D eigenvalue weighted by Gasteiger charge is 2.15. The van der Waals surface area contributed by atoms with Gasteiger partial charge < -0.3 is 5.11 Å². The Morgan fingerprint density at radius 2 is 1.73 bits per heavy atom. The summed E-state index contributed by atoms with van der Waals surface area (Å²) in [6.45, 7) is 3.90. The average molecular weight is 212 g/mol. The first-order chi connectivity index (χ1) is 6.86. The molecule has 0 unspecified atom stereocenters. The van der Waals surface area contributed by atoms with E-state index in [2.05, 4.69) is 0 Å². The number of aromatic hydroxyl groups is 1. The molecule has 0 radical (unpaired) electrons. The number of hydrogen-bond acceptors (Lipinski definition) is 3. The largest absolute Gasteiger partial charge is 0.494 e. The SMILES string of the molecule is CC(C)Cc1c(O)n(C)c(=O)n(C)c1=O. The first-order valence-electron chi connectivity index (χ1n) is 4.84. The Hall–Kier alpha value is -1.52. The van der Waals surface area contributed by atoms with Crippen LogP contribution < -0.4 is 11.2 Å². The molecule has 5 nitrogen and oxygen atoms in total. The molecule has 1 N–H and O–H groups in total. The van der Waals surface area contributed by atoms with Crippen molar-refractivity contribution < 1.29 is 5.11 Å². The average Bonchev–Trinajstić information content (AvgIpc) is 2.18. The maximum absolute atomic E-state index is 11.7. The summed E-state index contributed by atoms with van der Waals surface area (Å²) in [5.74, 6) is 0.0258. The Morgan fingerprint density at radius 3 is 2.20 bits per heavy atom. The molecule has 0 atom stereocenters. The van der Waals surface area contributed by atoms with E-state index in [1.807, 2.05) is 13.8 Å². The molecule has 1 aromatic heterocycles. The summed E-state index contributed by atoms with van der Waals surface area (Å²) in [4.78, 5) is 23.1. The van der Waals surface area contributed by atoms with Gasteiger partial charge in [0.1, 0.15) is 0 Å². The van der Waals surface area contributed by atoms with Crippen LogP contribution in [0.1, 0.15) is 19.4 Å². The summed E-state index contributed by atoms with van der Waals surface area (Å²) in [5.41, 5.74) is -0.621. The van der Waals surface area contributed by atoms with E-state index in [0.717, 1.165) is 9.13 Å². The van der Waals surface area contributed by atoms with Gasteiger partial charge in [-0.25, -0.2) is 4.79 Å². The lowest BCUT2D eigenvalue weighted by atomic mass is 10.1. The normalized spacial score (nSPS) is 11.0. The molecule has 0 aliphatic carbocycles. The third-order valence-corrected chi connectivity index (χ3v) is 2.34. The Balaban J connectivity index is 3.53. The Bertz CT molecular complexity index is 483. The predicted molar refractivity (Wildman–Crippen MR) is 57.1 cm³/mol. The fraction of sp³-hybridized carbons (Fsp3) is 0.600. The highest BCUT2D eigenvalue weighted by atomic mass is 16.3. The van der Waals surface area contributed by atoms with Crippen molar-refractivity contribution in [1.82, 2.24) is 9.13 Å². The highest BCUT2D eigenvalue weighted by molar-refractivity contribution is 5.23. The zero-order chi connectivity index (χ0) is 11.7. The number of hydrogen-bond donors (Lipinski definition) is 1. The summed E-state index contributed by atoms with van der Waals surface area (Å²) < 4.78 is 2.09. The van der Waals surface area contributed by atoms with Gasteiger partial charge >= 0.3 is 5.69 Å². The van der Waals surface area contributed by atoms with E-state index >= 15 is 0 Å². The topological polar surface area (TPSA) is 64.2 Å².